The lowest BCUT2D eigenvalue weighted by atomic mass is 10.0. The predicted octanol–water partition coefficient (Wildman–Crippen LogP) is 11.2. The van der Waals surface area contributed by atoms with Crippen molar-refractivity contribution in [2.45, 2.75) is 116 Å². The Balaban J connectivity index is 0.893. The average molecular weight is 650 g/mol. The van der Waals surface area contributed by atoms with Crippen LogP contribution in [0.3, 0.4) is 0 Å². The van der Waals surface area contributed by atoms with Crippen LogP contribution in [0.2, 0.25) is 0 Å². The minimum atomic E-state index is -0.338. The third-order valence-corrected chi connectivity index (χ3v) is 9.22. The zero-order valence-electron chi connectivity index (χ0n) is 28.5. The van der Waals surface area contributed by atoms with E-state index < -0.39 is 0 Å². The molecular weight excluding hydrogens is 597 g/mol. The van der Waals surface area contributed by atoms with Gasteiger partial charge in [-0.3, -0.25) is 14.4 Å². The third kappa shape index (κ3) is 13.2. The second-order valence-electron chi connectivity index (χ2n) is 13.1. The lowest BCUT2D eigenvalue weighted by molar-refractivity contribution is -0.119. The molecule has 0 atom stereocenters. The Morgan fingerprint density at radius 2 is 0.917 bits per heavy atom. The van der Waals surface area contributed by atoms with Crippen LogP contribution in [-0.4, -0.2) is 17.6 Å². The number of hydrogen-bond donors (Lipinski definition) is 0. The average Bonchev–Trinajstić information content (AvgIpc) is 3.44. The number of ketones is 1. The van der Waals surface area contributed by atoms with Crippen molar-refractivity contribution in [3.05, 3.63) is 119 Å². The van der Waals surface area contributed by atoms with Gasteiger partial charge in [-0.2, -0.15) is 0 Å². The number of nitrogens with zero attached hydrogens (tertiary/aromatic N) is 1. The molecule has 0 aliphatic carbocycles. The van der Waals surface area contributed by atoms with Gasteiger partial charge in [0.15, 0.2) is 5.78 Å². The number of rotatable bonds is 23. The molecule has 254 valence electrons. The summed E-state index contributed by atoms with van der Waals surface area (Å²) >= 11 is 0. The van der Waals surface area contributed by atoms with E-state index in [1.807, 2.05) is 30.3 Å². The van der Waals surface area contributed by atoms with Gasteiger partial charge in [0.2, 0.25) is 0 Å². The maximum atomic E-state index is 13.0. The summed E-state index contributed by atoms with van der Waals surface area (Å²) in [6.45, 7) is 0. The van der Waals surface area contributed by atoms with Crippen LogP contribution in [0.15, 0.2) is 91.0 Å². The van der Waals surface area contributed by atoms with E-state index in [0.717, 1.165) is 18.4 Å². The lowest BCUT2D eigenvalue weighted by Crippen LogP contribution is -2.29. The number of carbonyl (C=O) groups excluding carboxylic acids is 3. The first-order valence-electron chi connectivity index (χ1n) is 18.2. The molecule has 3 aromatic carbocycles. The Labute approximate surface area is 287 Å². The number of amides is 2. The van der Waals surface area contributed by atoms with Crippen molar-refractivity contribution < 1.29 is 18.8 Å². The monoisotopic (exact) mass is 649 g/mol. The van der Waals surface area contributed by atoms with Gasteiger partial charge in [-0.25, -0.2) is 9.29 Å². The van der Waals surface area contributed by atoms with Gasteiger partial charge in [-0.15, -0.1) is 0 Å². The molecule has 0 N–H and O–H groups in total. The summed E-state index contributed by atoms with van der Waals surface area (Å²) in [4.78, 5) is 37.1. The summed E-state index contributed by atoms with van der Waals surface area (Å²) < 4.78 is 13.0. The number of benzene rings is 3. The SMILES string of the molecule is O=C(C=Cc1ccc(CCCCCCCCCCCCCCCCCCc2ccc(N3C(=O)C=CC3=O)cc2)cc1)c1ccc(F)cc1. The Morgan fingerprint density at radius 1 is 0.521 bits per heavy atom. The van der Waals surface area contributed by atoms with Gasteiger partial charge in [-0.1, -0.05) is 132 Å². The van der Waals surface area contributed by atoms with Crippen LogP contribution in [0.25, 0.3) is 6.08 Å². The zero-order valence-corrected chi connectivity index (χ0v) is 28.5. The predicted molar refractivity (Wildman–Crippen MR) is 196 cm³/mol. The molecule has 48 heavy (non-hydrogen) atoms. The first-order valence-corrected chi connectivity index (χ1v) is 18.2. The van der Waals surface area contributed by atoms with Crippen molar-refractivity contribution in [1.29, 1.82) is 0 Å². The number of hydrogen-bond acceptors (Lipinski definition) is 3. The lowest BCUT2D eigenvalue weighted by Gasteiger charge is -2.14. The molecule has 0 unspecified atom stereocenters. The quantitative estimate of drug-likeness (QED) is 0.0444. The highest BCUT2D eigenvalue weighted by Crippen LogP contribution is 2.21. The van der Waals surface area contributed by atoms with Crippen LogP contribution < -0.4 is 4.90 Å². The first-order chi connectivity index (χ1) is 23.5. The summed E-state index contributed by atoms with van der Waals surface area (Å²) in [5, 5.41) is 0. The van der Waals surface area contributed by atoms with E-state index in [0.29, 0.717) is 11.3 Å². The molecule has 0 bridgehead atoms. The number of anilines is 1. The number of imide groups is 1. The van der Waals surface area contributed by atoms with E-state index in [2.05, 4.69) is 24.3 Å². The normalized spacial score (nSPS) is 12.9. The molecule has 2 amide bonds. The topological polar surface area (TPSA) is 54.5 Å². The molecule has 0 fully saturated rings. The van der Waals surface area contributed by atoms with Crippen LogP contribution in [-0.2, 0) is 22.4 Å². The van der Waals surface area contributed by atoms with E-state index in [-0.39, 0.29) is 23.4 Å². The van der Waals surface area contributed by atoms with Crippen molar-refractivity contribution in [3.8, 4) is 0 Å². The number of allylic oxidation sites excluding steroid dienone is 1. The van der Waals surface area contributed by atoms with E-state index in [4.69, 9.17) is 0 Å². The van der Waals surface area contributed by atoms with Gasteiger partial charge in [-0.05, 0) is 84.8 Å². The summed E-state index contributed by atoms with van der Waals surface area (Å²) in [7, 11) is 0. The Kier molecular flexibility index (Phi) is 16.0. The molecule has 0 spiro atoms. The molecule has 0 radical (unpaired) electrons. The summed E-state index contributed by atoms with van der Waals surface area (Å²) in [5.74, 6) is -0.994. The van der Waals surface area contributed by atoms with Crippen LogP contribution in [0.1, 0.15) is 130 Å². The highest BCUT2D eigenvalue weighted by Gasteiger charge is 2.24. The fraction of sp³-hybridized carbons (Fsp3) is 0.419. The van der Waals surface area contributed by atoms with E-state index >= 15 is 0 Å². The van der Waals surface area contributed by atoms with E-state index in [1.165, 1.54) is 155 Å². The number of halogens is 1. The fourth-order valence-corrected chi connectivity index (χ4v) is 6.28. The van der Waals surface area contributed by atoms with Gasteiger partial charge in [0.25, 0.3) is 11.8 Å². The third-order valence-electron chi connectivity index (χ3n) is 9.22. The van der Waals surface area contributed by atoms with Gasteiger partial charge >= 0.3 is 0 Å². The molecule has 1 aliphatic rings. The maximum absolute atomic E-state index is 13.0. The molecule has 0 saturated carbocycles. The van der Waals surface area contributed by atoms with Crippen molar-refractivity contribution in [1.82, 2.24) is 0 Å². The minimum absolute atomic E-state index is 0.121. The van der Waals surface area contributed by atoms with Gasteiger partial charge < -0.3 is 0 Å². The molecule has 1 aliphatic heterocycles. The van der Waals surface area contributed by atoms with Gasteiger partial charge in [0, 0.05) is 17.7 Å². The van der Waals surface area contributed by atoms with Gasteiger partial charge in [0.05, 0.1) is 5.69 Å². The standard InChI is InChI=1S/C43H52FNO3/c44-39-28-26-38(27-29-39)41(46)32-25-37-21-19-35(20-22-37)17-15-13-11-9-7-5-3-1-2-4-6-8-10-12-14-16-18-36-23-30-40(31-24-36)45-42(47)33-34-43(45)48/h19-34H,1-18H2. The van der Waals surface area contributed by atoms with Crippen molar-refractivity contribution in [3.63, 3.8) is 0 Å². The molecule has 0 saturated heterocycles. The summed E-state index contributed by atoms with van der Waals surface area (Å²) in [6.07, 6.45) is 29.3. The maximum Gasteiger partial charge on any atom is 0.258 e. The number of aryl methyl sites for hydroxylation is 2. The highest BCUT2D eigenvalue weighted by atomic mass is 19.1. The zero-order chi connectivity index (χ0) is 33.8. The molecular formula is C43H52FNO3. The summed E-state index contributed by atoms with van der Waals surface area (Å²) in [6, 6.07) is 21.9. The second-order valence-corrected chi connectivity index (χ2v) is 13.1. The first kappa shape index (κ1) is 36.7. The van der Waals surface area contributed by atoms with E-state index in [1.54, 1.807) is 6.08 Å². The Bertz CT molecular complexity index is 1450. The molecule has 5 heteroatoms. The largest absolute Gasteiger partial charge is 0.289 e. The number of unbranched alkanes of at least 4 members (excludes halogenated alkanes) is 15. The Morgan fingerprint density at radius 3 is 1.35 bits per heavy atom. The fourth-order valence-electron chi connectivity index (χ4n) is 6.28. The molecule has 3 aromatic rings. The van der Waals surface area contributed by atoms with Crippen LogP contribution in [0.5, 0.6) is 0 Å². The molecule has 4 nitrogen and oxygen atoms in total. The number of carbonyl (C=O) groups is 3. The van der Waals surface area contributed by atoms with Crippen LogP contribution in [0.4, 0.5) is 10.1 Å². The van der Waals surface area contributed by atoms with Crippen LogP contribution >= 0.6 is 0 Å². The summed E-state index contributed by atoms with van der Waals surface area (Å²) in [5.41, 5.74) is 4.73. The van der Waals surface area contributed by atoms with Crippen molar-refractivity contribution in [2.75, 3.05) is 4.90 Å². The molecule has 1 heterocycles. The molecule has 4 rings (SSSR count). The van der Waals surface area contributed by atoms with Gasteiger partial charge in [0.1, 0.15) is 5.82 Å². The second kappa shape index (κ2) is 21.0. The van der Waals surface area contributed by atoms with Crippen LogP contribution in [0, 0.1) is 5.82 Å². The molecule has 0 aromatic heterocycles. The van der Waals surface area contributed by atoms with Crippen molar-refractivity contribution in [2.24, 2.45) is 0 Å². The highest BCUT2D eigenvalue weighted by molar-refractivity contribution is 6.28. The van der Waals surface area contributed by atoms with E-state index in [9.17, 15) is 18.8 Å². The minimum Gasteiger partial charge on any atom is -0.289 e. The smallest absolute Gasteiger partial charge is 0.258 e. The Hall–Kier alpha value is -4.12. The van der Waals surface area contributed by atoms with Crippen molar-refractivity contribution >= 4 is 29.4 Å².